The maximum absolute atomic E-state index is 14.1. The van der Waals surface area contributed by atoms with Crippen LogP contribution in [0.15, 0.2) is 107 Å². The topological polar surface area (TPSA) is 230 Å². The van der Waals surface area contributed by atoms with Crippen molar-refractivity contribution in [3.63, 3.8) is 0 Å². The number of fused-ring (bicyclic) bond motifs is 2. The molecule has 3 unspecified atom stereocenters. The predicted molar refractivity (Wildman–Crippen MR) is 340 cm³/mol. The van der Waals surface area contributed by atoms with Crippen molar-refractivity contribution in [1.29, 1.82) is 0 Å². The highest BCUT2D eigenvalue weighted by Crippen LogP contribution is 2.41. The van der Waals surface area contributed by atoms with Gasteiger partial charge in [0.15, 0.2) is 28.8 Å². The van der Waals surface area contributed by atoms with E-state index in [0.29, 0.717) is 96.3 Å². The summed E-state index contributed by atoms with van der Waals surface area (Å²) in [5.74, 6) is -0.707. The standard InChI is InChI=1S/C64H75N9O11.C3H8/c1-8-44(45-14-18-48(19-15-45)69-63(79)42(3)68-60(76)39-67-59(75)13-10-9-11-24-72-61(77)22-23-62(72)78)31-41(2)37-65-53-35-57(55(81-6)33-51(53)43(4)74)83-29-12-30-84-58-36-54-52(34-56(58)82-7)64(80)73-40-47(32-50(73)38-66-54)46-16-20-49(21-17-46)71-27-25-70(5)26-28-71;1-3-2/h8,14-23,33-38,40-42,50H,9-13,24-32,39H2,1-7H3,(H,67,75)(H,68,76)(H,69,79);3H2,1-2H3/b44-8+,65-37?;. The number of carbonyl (C=O) groups excluding carboxylic acids is 7. The number of allylic oxidation sites excluding steroid dienone is 2. The van der Waals surface area contributed by atoms with Crippen molar-refractivity contribution in [2.45, 2.75) is 105 Å². The lowest BCUT2D eigenvalue weighted by atomic mass is 9.95. The number of methoxy groups -OCH3 is 2. The molecule has 6 amide bonds. The second-order valence-corrected chi connectivity index (χ2v) is 22.0. The van der Waals surface area contributed by atoms with E-state index in [1.807, 2.05) is 44.5 Å². The molecular formula is C67H83N9O11. The van der Waals surface area contributed by atoms with E-state index in [-0.39, 0.29) is 67.6 Å². The summed E-state index contributed by atoms with van der Waals surface area (Å²) in [5, 5.41) is 7.98. The van der Waals surface area contributed by atoms with Crippen LogP contribution in [-0.2, 0) is 24.0 Å². The molecule has 0 saturated carbocycles. The van der Waals surface area contributed by atoms with Gasteiger partial charge in [-0.2, -0.15) is 0 Å². The number of unbranched alkanes of at least 4 members (excludes halogenated alkanes) is 2. The van der Waals surface area contributed by atoms with Gasteiger partial charge in [0.2, 0.25) is 17.7 Å². The van der Waals surface area contributed by atoms with E-state index in [0.717, 1.165) is 53.4 Å². The van der Waals surface area contributed by atoms with Crippen molar-refractivity contribution in [2.75, 3.05) is 84.0 Å². The number of benzene rings is 4. The number of piperazine rings is 1. The Labute approximate surface area is 510 Å². The molecule has 4 heterocycles. The number of Topliss-reactive ketones (excluding diaryl/α,β-unsaturated/α-hetero) is 1. The summed E-state index contributed by atoms with van der Waals surface area (Å²) in [6.45, 7) is 15.8. The zero-order valence-electron chi connectivity index (χ0n) is 51.6. The molecule has 4 aromatic rings. The van der Waals surface area contributed by atoms with Crippen LogP contribution in [-0.4, -0.2) is 154 Å². The second kappa shape index (κ2) is 32.0. The molecule has 20 heteroatoms. The Morgan fingerprint density at radius 1 is 0.793 bits per heavy atom. The average Bonchev–Trinajstić information content (AvgIpc) is 1.99. The molecule has 3 atom stereocenters. The van der Waals surface area contributed by atoms with Gasteiger partial charge in [-0.05, 0) is 112 Å². The number of likely N-dealkylation sites (N-methyl/N-ethyl adjacent to an activating group) is 1. The van der Waals surface area contributed by atoms with Crippen molar-refractivity contribution in [2.24, 2.45) is 15.9 Å². The van der Waals surface area contributed by atoms with Crippen molar-refractivity contribution in [1.82, 2.24) is 25.3 Å². The molecule has 0 spiro atoms. The number of rotatable bonds is 27. The number of aliphatic imine (C=N–C) groups is 2. The van der Waals surface area contributed by atoms with E-state index < -0.39 is 17.9 Å². The van der Waals surface area contributed by atoms with E-state index >= 15 is 0 Å². The van der Waals surface area contributed by atoms with Crippen LogP contribution in [0.5, 0.6) is 23.0 Å². The van der Waals surface area contributed by atoms with Crippen molar-refractivity contribution >= 4 is 87.6 Å². The van der Waals surface area contributed by atoms with Crippen LogP contribution in [0.2, 0.25) is 0 Å². The van der Waals surface area contributed by atoms with Gasteiger partial charge in [-0.15, -0.1) is 0 Å². The number of nitrogens with zero attached hydrogens (tertiary/aromatic N) is 6. The number of nitrogens with one attached hydrogen (secondary N) is 3. The minimum atomic E-state index is -0.884. The quantitative estimate of drug-likeness (QED) is 0.0219. The SMILES string of the molecule is C/C=C(\CC(C)C=Nc1cc(OCCCOc2cc3c(cc2OC)C(=O)N2C=C(c4ccc(N5CCN(C)CC5)cc4)CC2C=N3)c(OC)cc1C(C)=O)c1ccc(NC(=O)C(C)NC(=O)CNC(=O)CCCCCN2C(=O)C=CC2=O)cc1.CCC. The molecular weight excluding hydrogens is 1110 g/mol. The zero-order valence-corrected chi connectivity index (χ0v) is 51.6. The van der Waals surface area contributed by atoms with Gasteiger partial charge in [0, 0.05) is 112 Å². The van der Waals surface area contributed by atoms with Crippen molar-refractivity contribution < 1.29 is 52.5 Å². The highest BCUT2D eigenvalue weighted by molar-refractivity contribution is 6.13. The largest absolute Gasteiger partial charge is 0.493 e. The summed E-state index contributed by atoms with van der Waals surface area (Å²) < 4.78 is 23.8. The molecule has 1 fully saturated rings. The zero-order chi connectivity index (χ0) is 62.6. The van der Waals surface area contributed by atoms with E-state index in [1.54, 1.807) is 54.4 Å². The minimum Gasteiger partial charge on any atom is -0.493 e. The highest BCUT2D eigenvalue weighted by atomic mass is 16.5. The molecule has 87 heavy (non-hydrogen) atoms. The Bertz CT molecular complexity index is 3250. The van der Waals surface area contributed by atoms with Crippen LogP contribution in [0.3, 0.4) is 0 Å². The Hall–Kier alpha value is -8.91. The highest BCUT2D eigenvalue weighted by Gasteiger charge is 2.34. The van der Waals surface area contributed by atoms with Crippen LogP contribution in [0.4, 0.5) is 22.7 Å². The lowest BCUT2D eigenvalue weighted by Gasteiger charge is -2.34. The molecule has 1 saturated heterocycles. The first-order chi connectivity index (χ1) is 41.9. The van der Waals surface area contributed by atoms with Gasteiger partial charge in [-0.3, -0.25) is 48.4 Å². The van der Waals surface area contributed by atoms with Crippen LogP contribution in [0.1, 0.15) is 125 Å². The monoisotopic (exact) mass is 1190 g/mol. The van der Waals surface area contributed by atoms with Gasteiger partial charge in [-0.1, -0.05) is 64.0 Å². The molecule has 8 rings (SSSR count). The third-order valence-corrected chi connectivity index (χ3v) is 15.1. The first-order valence-corrected chi connectivity index (χ1v) is 30.0. The van der Waals surface area contributed by atoms with Crippen molar-refractivity contribution in [3.8, 4) is 23.0 Å². The number of imide groups is 1. The minimum absolute atomic E-state index is 0.0615. The van der Waals surface area contributed by atoms with Crippen LogP contribution in [0, 0.1) is 5.92 Å². The van der Waals surface area contributed by atoms with E-state index in [2.05, 4.69) is 70.9 Å². The first kappa shape index (κ1) is 65.6. The summed E-state index contributed by atoms with van der Waals surface area (Å²) in [6.07, 6.45) is 14.9. The van der Waals surface area contributed by atoms with Gasteiger partial charge in [0.1, 0.15) is 6.04 Å². The first-order valence-electron chi connectivity index (χ1n) is 30.0. The Morgan fingerprint density at radius 2 is 1.45 bits per heavy atom. The molecule has 4 aliphatic rings. The van der Waals surface area contributed by atoms with Gasteiger partial charge in [0.05, 0.1) is 57.0 Å². The Kier molecular flexibility index (Phi) is 24.1. The van der Waals surface area contributed by atoms with E-state index in [4.69, 9.17) is 28.9 Å². The summed E-state index contributed by atoms with van der Waals surface area (Å²) in [4.78, 5) is 105. The molecule has 20 nitrogen and oxygen atoms in total. The Morgan fingerprint density at radius 3 is 2.09 bits per heavy atom. The number of ketones is 1. The molecule has 3 N–H and O–H groups in total. The van der Waals surface area contributed by atoms with Crippen LogP contribution < -0.4 is 39.8 Å². The molecule has 462 valence electrons. The fourth-order valence-electron chi connectivity index (χ4n) is 10.2. The number of ether oxygens (including phenoxy) is 4. The van der Waals surface area contributed by atoms with E-state index in [1.165, 1.54) is 45.4 Å². The van der Waals surface area contributed by atoms with Gasteiger partial charge >= 0.3 is 0 Å². The van der Waals surface area contributed by atoms with Crippen LogP contribution in [0.25, 0.3) is 11.1 Å². The van der Waals surface area contributed by atoms with Gasteiger partial charge < -0.3 is 49.6 Å². The second-order valence-electron chi connectivity index (χ2n) is 22.0. The lowest BCUT2D eigenvalue weighted by molar-refractivity contribution is -0.137. The van der Waals surface area contributed by atoms with Crippen LogP contribution >= 0.6 is 0 Å². The summed E-state index contributed by atoms with van der Waals surface area (Å²) >= 11 is 0. The summed E-state index contributed by atoms with van der Waals surface area (Å²) in [5.41, 5.74) is 7.60. The third kappa shape index (κ3) is 18.1. The summed E-state index contributed by atoms with van der Waals surface area (Å²) in [7, 11) is 5.20. The third-order valence-electron chi connectivity index (χ3n) is 15.1. The fraction of sp³-hybridized carbons (Fsp3) is 0.418. The maximum Gasteiger partial charge on any atom is 0.260 e. The number of carbonyl (C=O) groups is 7. The van der Waals surface area contributed by atoms with Gasteiger partial charge in [0.25, 0.3) is 17.7 Å². The van der Waals surface area contributed by atoms with E-state index in [9.17, 15) is 33.6 Å². The molecule has 4 aliphatic heterocycles. The maximum atomic E-state index is 14.1. The number of hydrogen-bond acceptors (Lipinski definition) is 15. The smallest absolute Gasteiger partial charge is 0.260 e. The number of amides is 6. The molecule has 0 aliphatic carbocycles. The Balaban J connectivity index is 0.00000353. The predicted octanol–water partition coefficient (Wildman–Crippen LogP) is 9.77. The number of anilines is 2. The average molecular weight is 1190 g/mol. The molecule has 4 aromatic carbocycles. The lowest BCUT2D eigenvalue weighted by Crippen LogP contribution is -2.45. The number of hydrogen-bond donors (Lipinski definition) is 3. The fourth-order valence-corrected chi connectivity index (χ4v) is 10.2. The normalized spacial score (nSPS) is 16.3. The van der Waals surface area contributed by atoms with Gasteiger partial charge in [-0.25, -0.2) is 0 Å². The molecule has 0 aromatic heterocycles. The molecule has 0 bridgehead atoms. The van der Waals surface area contributed by atoms with Crippen molar-refractivity contribution in [3.05, 3.63) is 119 Å². The molecule has 0 radical (unpaired) electrons. The summed E-state index contributed by atoms with van der Waals surface area (Å²) in [6, 6.07) is 21.6.